The number of fused-ring (bicyclic) bond motifs is 1. The number of carbonyl (C=O) groups excluding carboxylic acids is 6. The number of hydrogen-bond acceptors (Lipinski definition) is 11. The van der Waals surface area contributed by atoms with Gasteiger partial charge in [0, 0.05) is 63.7 Å². The minimum absolute atomic E-state index is 0.0485. The Morgan fingerprint density at radius 2 is 1.67 bits per heavy atom. The molecule has 2 aromatic rings. The Bertz CT molecular complexity index is 1730. The van der Waals surface area contributed by atoms with E-state index in [1.807, 2.05) is 26.8 Å². The number of benzene rings is 1. The number of esters is 1. The number of pyridine rings is 1. The lowest BCUT2D eigenvalue weighted by atomic mass is 9.85. The number of aryl methyl sites for hydroxylation is 1. The van der Waals surface area contributed by atoms with E-state index in [0.29, 0.717) is 56.0 Å². The van der Waals surface area contributed by atoms with Crippen LogP contribution in [-0.2, 0) is 33.4 Å². The molecule has 5 amide bonds. The van der Waals surface area contributed by atoms with Gasteiger partial charge in [-0.25, -0.2) is 9.78 Å². The Morgan fingerprint density at radius 1 is 0.895 bits per heavy atom. The van der Waals surface area contributed by atoms with E-state index in [0.717, 1.165) is 31.2 Å². The average Bonchev–Trinajstić information content (AvgIpc) is 3.69. The molecule has 2 aliphatic heterocycles. The average molecular weight is 795 g/mol. The number of ether oxygens (including phenoxy) is 4. The van der Waals surface area contributed by atoms with Crippen molar-refractivity contribution in [3.63, 3.8) is 0 Å². The third-order valence-corrected chi connectivity index (χ3v) is 10.7. The molecule has 0 spiro atoms. The molecule has 1 aromatic heterocycles. The predicted octanol–water partition coefficient (Wildman–Crippen LogP) is 3.37. The first-order valence-electron chi connectivity index (χ1n) is 20.4. The molecule has 57 heavy (non-hydrogen) atoms. The van der Waals surface area contributed by atoms with Gasteiger partial charge >= 0.3 is 12.1 Å². The van der Waals surface area contributed by atoms with E-state index in [4.69, 9.17) is 18.9 Å². The molecule has 5 rings (SSSR count). The molecule has 0 radical (unpaired) electrons. The molecule has 0 bridgehead atoms. The highest BCUT2D eigenvalue weighted by atomic mass is 16.6. The molecule has 2 saturated heterocycles. The molecular formula is C41H58N6O10. The minimum Gasteiger partial charge on any atom is -0.483 e. The van der Waals surface area contributed by atoms with Crippen LogP contribution < -0.4 is 15.4 Å². The number of piperazine rings is 1. The summed E-state index contributed by atoms with van der Waals surface area (Å²) in [5, 5.41) is 6.38. The van der Waals surface area contributed by atoms with Crippen LogP contribution in [0.2, 0.25) is 0 Å². The first-order chi connectivity index (χ1) is 27.6. The lowest BCUT2D eigenvalue weighted by molar-refractivity contribution is -0.145. The fourth-order valence-corrected chi connectivity index (χ4v) is 7.07. The summed E-state index contributed by atoms with van der Waals surface area (Å²) in [7, 11) is 0. The smallest absolute Gasteiger partial charge is 0.409 e. The molecule has 16 nitrogen and oxygen atoms in total. The van der Waals surface area contributed by atoms with Crippen molar-refractivity contribution >= 4 is 46.6 Å². The van der Waals surface area contributed by atoms with Gasteiger partial charge in [0.25, 0.3) is 11.8 Å². The van der Waals surface area contributed by atoms with Crippen molar-refractivity contribution in [1.82, 2.24) is 30.3 Å². The van der Waals surface area contributed by atoms with Gasteiger partial charge in [0.15, 0.2) is 6.61 Å². The van der Waals surface area contributed by atoms with Gasteiger partial charge in [0.1, 0.15) is 30.1 Å². The van der Waals surface area contributed by atoms with E-state index in [1.54, 1.807) is 26.8 Å². The maximum atomic E-state index is 14.0. The normalized spacial score (nSPS) is 17.5. The Balaban J connectivity index is 1.27. The number of unbranched alkanes of at least 4 members (excludes halogenated alkanes) is 1. The van der Waals surface area contributed by atoms with E-state index in [-0.39, 0.29) is 82.1 Å². The van der Waals surface area contributed by atoms with Crippen LogP contribution in [-0.4, -0.2) is 140 Å². The Morgan fingerprint density at radius 3 is 2.39 bits per heavy atom. The van der Waals surface area contributed by atoms with Crippen LogP contribution >= 0.6 is 0 Å². The third kappa shape index (κ3) is 12.3. The molecule has 16 heteroatoms. The Labute approximate surface area is 334 Å². The Kier molecular flexibility index (Phi) is 16.3. The zero-order valence-electron chi connectivity index (χ0n) is 33.6. The van der Waals surface area contributed by atoms with Crippen LogP contribution in [0.15, 0.2) is 24.3 Å². The van der Waals surface area contributed by atoms with Crippen LogP contribution in [0.3, 0.4) is 0 Å². The van der Waals surface area contributed by atoms with Crippen molar-refractivity contribution in [2.24, 2.45) is 5.92 Å². The number of nitrogens with one attached hydrogen (secondary N) is 2. The lowest BCUT2D eigenvalue weighted by Gasteiger charge is -2.36. The molecule has 2 N–H and O–H groups in total. The molecule has 312 valence electrons. The van der Waals surface area contributed by atoms with E-state index in [1.165, 1.54) is 12.5 Å². The topological polar surface area (TPSA) is 186 Å². The second-order valence-corrected chi connectivity index (χ2v) is 14.9. The fraction of sp³-hybridized carbons (Fsp3) is 0.634. The van der Waals surface area contributed by atoms with Gasteiger partial charge in [-0.2, -0.15) is 0 Å². The zero-order valence-corrected chi connectivity index (χ0v) is 33.6. The summed E-state index contributed by atoms with van der Waals surface area (Å²) in [6, 6.07) is 5.21. The van der Waals surface area contributed by atoms with Crippen molar-refractivity contribution in [2.75, 3.05) is 72.3 Å². The first kappa shape index (κ1) is 43.1. The first-order valence-corrected chi connectivity index (χ1v) is 20.4. The monoisotopic (exact) mass is 794 g/mol. The molecule has 3 heterocycles. The third-order valence-electron chi connectivity index (χ3n) is 10.7. The summed E-state index contributed by atoms with van der Waals surface area (Å²) >= 11 is 0. The number of nitrogens with zero attached hydrogens (tertiary/aromatic N) is 4. The lowest BCUT2D eigenvalue weighted by Crippen LogP contribution is -2.56. The SMILES string of the molecule is CCCCOC(=O)N1CCN(C(=O)[C@H](CCC(=O)OCCOCC)NC(=O)c2cc(OCC(=O)N3CCC[C@H]3C(=O)NCC3CCC3)c3ccc(C)cc3n2)CC1. The predicted molar refractivity (Wildman–Crippen MR) is 209 cm³/mol. The molecule has 1 aromatic carbocycles. The number of amides is 5. The molecule has 2 atom stereocenters. The molecule has 0 unspecified atom stereocenters. The summed E-state index contributed by atoms with van der Waals surface area (Å²) in [5.41, 5.74) is 1.27. The van der Waals surface area contributed by atoms with Gasteiger partial charge in [-0.3, -0.25) is 24.0 Å². The van der Waals surface area contributed by atoms with Gasteiger partial charge in [0.2, 0.25) is 11.8 Å². The number of carbonyl (C=O) groups is 6. The van der Waals surface area contributed by atoms with E-state index in [2.05, 4.69) is 15.6 Å². The van der Waals surface area contributed by atoms with Gasteiger partial charge in [-0.15, -0.1) is 0 Å². The van der Waals surface area contributed by atoms with E-state index >= 15 is 0 Å². The highest BCUT2D eigenvalue weighted by Crippen LogP contribution is 2.28. The second kappa shape index (κ2) is 21.5. The molecule has 3 fully saturated rings. The summed E-state index contributed by atoms with van der Waals surface area (Å²) in [6.45, 7) is 8.48. The van der Waals surface area contributed by atoms with Gasteiger partial charge in [-0.1, -0.05) is 25.8 Å². The van der Waals surface area contributed by atoms with Crippen LogP contribution in [0, 0.1) is 12.8 Å². The Hall–Kier alpha value is -4.99. The quantitative estimate of drug-likeness (QED) is 0.157. The molecular weight excluding hydrogens is 736 g/mol. The summed E-state index contributed by atoms with van der Waals surface area (Å²) in [5.74, 6) is -1.39. The highest BCUT2D eigenvalue weighted by molar-refractivity contribution is 5.99. The van der Waals surface area contributed by atoms with Crippen LogP contribution in [0.5, 0.6) is 5.75 Å². The largest absolute Gasteiger partial charge is 0.483 e. The minimum atomic E-state index is -1.12. The zero-order chi connectivity index (χ0) is 40.7. The molecule has 1 aliphatic carbocycles. The highest BCUT2D eigenvalue weighted by Gasteiger charge is 2.35. The number of aromatic nitrogens is 1. The standard InChI is InChI=1S/C41H58N6O10/c1-4-6-21-56-41(53)46-19-17-45(18-20-46)40(52)31(14-15-37(49)55-23-22-54-5-2)44-38(50)33-25-35(30-13-12-28(3)24-32(30)43-33)57-27-36(48)47-16-8-11-34(47)39(51)42-26-29-9-7-10-29/h12-13,24-25,29,31,34H,4-11,14-23,26-27H2,1-3H3,(H,42,51)(H,44,50)/t31-,34-/m0/s1. The van der Waals surface area contributed by atoms with Gasteiger partial charge in [0.05, 0.1) is 18.7 Å². The summed E-state index contributed by atoms with van der Waals surface area (Å²) < 4.78 is 21.9. The van der Waals surface area contributed by atoms with Crippen molar-refractivity contribution in [3.05, 3.63) is 35.5 Å². The number of rotatable bonds is 19. The van der Waals surface area contributed by atoms with Crippen LogP contribution in [0.4, 0.5) is 4.79 Å². The fourth-order valence-electron chi connectivity index (χ4n) is 7.07. The molecule has 1 saturated carbocycles. The number of likely N-dealkylation sites (tertiary alicyclic amines) is 1. The maximum Gasteiger partial charge on any atom is 0.409 e. The molecule has 3 aliphatic rings. The second-order valence-electron chi connectivity index (χ2n) is 14.9. The number of hydrogen-bond donors (Lipinski definition) is 2. The van der Waals surface area contributed by atoms with E-state index in [9.17, 15) is 28.8 Å². The summed E-state index contributed by atoms with van der Waals surface area (Å²) in [6.07, 6.45) is 5.71. The van der Waals surface area contributed by atoms with Crippen molar-refractivity contribution < 1.29 is 47.7 Å². The van der Waals surface area contributed by atoms with Gasteiger partial charge < -0.3 is 44.3 Å². The maximum absolute atomic E-state index is 14.0. The van der Waals surface area contributed by atoms with Gasteiger partial charge in [-0.05, 0) is 76.0 Å². The van der Waals surface area contributed by atoms with Crippen molar-refractivity contribution in [2.45, 2.75) is 90.6 Å². The van der Waals surface area contributed by atoms with Crippen LogP contribution in [0.25, 0.3) is 10.9 Å². The van der Waals surface area contributed by atoms with Crippen molar-refractivity contribution in [1.29, 1.82) is 0 Å². The van der Waals surface area contributed by atoms with Crippen LogP contribution in [0.1, 0.15) is 87.7 Å². The van der Waals surface area contributed by atoms with Crippen molar-refractivity contribution in [3.8, 4) is 5.75 Å². The van der Waals surface area contributed by atoms with E-state index < -0.39 is 36.0 Å². The summed E-state index contributed by atoms with van der Waals surface area (Å²) in [4.78, 5) is 88.8.